The minimum atomic E-state index is -0.490. The summed E-state index contributed by atoms with van der Waals surface area (Å²) >= 11 is 0. The first-order valence-corrected chi connectivity index (χ1v) is 7.27. The minimum absolute atomic E-state index is 0.0824. The van der Waals surface area contributed by atoms with Gasteiger partial charge in [0.15, 0.2) is 0 Å². The lowest BCUT2D eigenvalue weighted by atomic mass is 9.97. The molecule has 1 aliphatic rings. The summed E-state index contributed by atoms with van der Waals surface area (Å²) in [5.41, 5.74) is 5.32. The van der Waals surface area contributed by atoms with E-state index in [-0.39, 0.29) is 17.8 Å². The van der Waals surface area contributed by atoms with E-state index in [1.54, 1.807) is 18.9 Å². The lowest BCUT2D eigenvalue weighted by Crippen LogP contribution is -2.49. The van der Waals surface area contributed by atoms with Crippen LogP contribution >= 0.6 is 0 Å². The first-order chi connectivity index (χ1) is 9.73. The first kappa shape index (κ1) is 17.4. The highest BCUT2D eigenvalue weighted by molar-refractivity contribution is 5.96. The molecule has 0 saturated carbocycles. The van der Waals surface area contributed by atoms with Gasteiger partial charge in [0.2, 0.25) is 0 Å². The molecular weight excluding hydrogens is 270 g/mol. The number of aliphatic imine (C=N–C) groups is 1. The SMILES string of the molecule is CNN/C(=N\C(C)=N)C1CCCN(C(=O)OC(C)(C)C)C1. The number of hydrogen-bond acceptors (Lipinski definition) is 4. The van der Waals surface area contributed by atoms with Crippen molar-refractivity contribution in [2.24, 2.45) is 10.9 Å². The van der Waals surface area contributed by atoms with E-state index in [9.17, 15) is 4.79 Å². The van der Waals surface area contributed by atoms with Crippen LogP contribution in [-0.2, 0) is 4.74 Å². The normalized spacial score (nSPS) is 20.1. The average molecular weight is 297 g/mol. The van der Waals surface area contributed by atoms with Crippen molar-refractivity contribution < 1.29 is 9.53 Å². The van der Waals surface area contributed by atoms with E-state index in [4.69, 9.17) is 10.1 Å². The quantitative estimate of drug-likeness (QED) is 0.411. The fourth-order valence-electron chi connectivity index (χ4n) is 2.22. The topological polar surface area (TPSA) is 89.8 Å². The molecule has 0 bridgehead atoms. The third-order valence-corrected chi connectivity index (χ3v) is 3.00. The van der Waals surface area contributed by atoms with Crippen molar-refractivity contribution in [2.45, 2.75) is 46.1 Å². The van der Waals surface area contributed by atoms with Gasteiger partial charge in [-0.25, -0.2) is 15.2 Å². The predicted molar refractivity (Wildman–Crippen MR) is 83.6 cm³/mol. The Morgan fingerprint density at radius 1 is 1.43 bits per heavy atom. The second-order valence-corrected chi connectivity index (χ2v) is 6.22. The van der Waals surface area contributed by atoms with Crippen molar-refractivity contribution in [3.8, 4) is 0 Å². The molecule has 1 atom stereocenters. The molecule has 1 heterocycles. The van der Waals surface area contributed by atoms with Gasteiger partial charge in [0, 0.05) is 26.1 Å². The van der Waals surface area contributed by atoms with E-state index in [0.717, 1.165) is 12.8 Å². The number of hydrazine groups is 1. The highest BCUT2D eigenvalue weighted by Crippen LogP contribution is 2.20. The lowest BCUT2D eigenvalue weighted by molar-refractivity contribution is 0.0193. The molecule has 1 rings (SSSR count). The Morgan fingerprint density at radius 3 is 2.62 bits per heavy atom. The molecule has 21 heavy (non-hydrogen) atoms. The van der Waals surface area contributed by atoms with Crippen LogP contribution in [-0.4, -0.2) is 48.4 Å². The molecule has 120 valence electrons. The summed E-state index contributed by atoms with van der Waals surface area (Å²) in [7, 11) is 1.75. The van der Waals surface area contributed by atoms with Crippen LogP contribution in [0.2, 0.25) is 0 Å². The smallest absolute Gasteiger partial charge is 0.410 e. The summed E-state index contributed by atoms with van der Waals surface area (Å²) in [6.45, 7) is 8.46. The molecule has 7 nitrogen and oxygen atoms in total. The standard InChI is InChI=1S/C14H27N5O2/c1-10(15)17-12(18-16-5)11-7-6-8-19(9-11)13(20)21-14(2,3)4/h11,16H,6-9H2,1-5H3,(H2,15,17,18). The van der Waals surface area contributed by atoms with Crippen LogP contribution in [0.15, 0.2) is 4.99 Å². The highest BCUT2D eigenvalue weighted by Gasteiger charge is 2.30. The molecule has 1 aliphatic heterocycles. The molecule has 0 aromatic carbocycles. The number of ether oxygens (including phenoxy) is 1. The third-order valence-electron chi connectivity index (χ3n) is 3.00. The number of hydrogen-bond donors (Lipinski definition) is 3. The maximum absolute atomic E-state index is 12.1. The van der Waals surface area contributed by atoms with Crippen molar-refractivity contribution in [3.63, 3.8) is 0 Å². The minimum Gasteiger partial charge on any atom is -0.444 e. The summed E-state index contributed by atoms with van der Waals surface area (Å²) in [5.74, 6) is 1.01. The fraction of sp³-hybridized carbons (Fsp3) is 0.786. The summed E-state index contributed by atoms with van der Waals surface area (Å²) < 4.78 is 5.42. The number of amidine groups is 2. The number of rotatable bonds is 2. The van der Waals surface area contributed by atoms with Gasteiger partial charge in [-0.3, -0.25) is 5.41 Å². The average Bonchev–Trinajstić information content (AvgIpc) is 2.36. The van der Waals surface area contributed by atoms with Crippen molar-refractivity contribution in [1.82, 2.24) is 15.8 Å². The van der Waals surface area contributed by atoms with Crippen LogP contribution in [0.25, 0.3) is 0 Å². The van der Waals surface area contributed by atoms with Gasteiger partial charge in [-0.15, -0.1) is 0 Å². The Morgan fingerprint density at radius 2 is 2.10 bits per heavy atom. The van der Waals surface area contributed by atoms with E-state index < -0.39 is 5.60 Å². The monoisotopic (exact) mass is 297 g/mol. The van der Waals surface area contributed by atoms with Gasteiger partial charge in [-0.05, 0) is 40.5 Å². The van der Waals surface area contributed by atoms with E-state index in [1.165, 1.54) is 0 Å². The van der Waals surface area contributed by atoms with Crippen LogP contribution in [0.4, 0.5) is 4.79 Å². The van der Waals surface area contributed by atoms with Crippen LogP contribution in [0.3, 0.4) is 0 Å². The van der Waals surface area contributed by atoms with Gasteiger partial charge in [0.1, 0.15) is 17.3 Å². The Kier molecular flexibility index (Phi) is 6.14. The number of likely N-dealkylation sites (tertiary alicyclic amines) is 1. The van der Waals surface area contributed by atoms with Gasteiger partial charge in [0.05, 0.1) is 0 Å². The number of nitrogens with one attached hydrogen (secondary N) is 3. The third kappa shape index (κ3) is 6.12. The zero-order valence-corrected chi connectivity index (χ0v) is 13.6. The first-order valence-electron chi connectivity index (χ1n) is 7.27. The van der Waals surface area contributed by atoms with Gasteiger partial charge in [-0.2, -0.15) is 0 Å². The molecule has 1 fully saturated rings. The molecule has 0 spiro atoms. The molecule has 1 saturated heterocycles. The van der Waals surface area contributed by atoms with Gasteiger partial charge in [0.25, 0.3) is 0 Å². The van der Waals surface area contributed by atoms with Crippen molar-refractivity contribution >= 4 is 17.8 Å². The Labute approximate surface area is 126 Å². The number of amides is 1. The summed E-state index contributed by atoms with van der Waals surface area (Å²) in [6, 6.07) is 0. The van der Waals surface area contributed by atoms with Crippen molar-refractivity contribution in [3.05, 3.63) is 0 Å². The van der Waals surface area contributed by atoms with Crippen LogP contribution in [0.1, 0.15) is 40.5 Å². The van der Waals surface area contributed by atoms with Gasteiger partial charge >= 0.3 is 6.09 Å². The van der Waals surface area contributed by atoms with Crippen molar-refractivity contribution in [1.29, 1.82) is 5.41 Å². The summed E-state index contributed by atoms with van der Waals surface area (Å²) in [5, 5.41) is 7.51. The second-order valence-electron chi connectivity index (χ2n) is 6.22. The Bertz CT molecular complexity index is 414. The highest BCUT2D eigenvalue weighted by atomic mass is 16.6. The molecule has 0 aromatic heterocycles. The number of carbonyl (C=O) groups excluding carboxylic acids is 1. The Balaban J connectivity index is 2.74. The second kappa shape index (κ2) is 7.40. The van der Waals surface area contributed by atoms with Crippen LogP contribution < -0.4 is 10.9 Å². The van der Waals surface area contributed by atoms with Gasteiger partial charge in [-0.1, -0.05) is 0 Å². The molecule has 1 amide bonds. The predicted octanol–water partition coefficient (Wildman–Crippen LogP) is 1.75. The molecule has 0 radical (unpaired) electrons. The zero-order valence-electron chi connectivity index (χ0n) is 13.6. The fourth-order valence-corrected chi connectivity index (χ4v) is 2.22. The summed E-state index contributed by atoms with van der Waals surface area (Å²) in [6.07, 6.45) is 1.54. The number of nitrogens with zero attached hydrogens (tertiary/aromatic N) is 2. The van der Waals surface area contributed by atoms with Crippen LogP contribution in [0, 0.1) is 11.3 Å². The molecule has 7 heteroatoms. The maximum atomic E-state index is 12.1. The van der Waals surface area contributed by atoms with E-state index in [1.807, 2.05) is 20.8 Å². The van der Waals surface area contributed by atoms with E-state index in [2.05, 4.69) is 15.8 Å². The lowest BCUT2D eigenvalue weighted by Gasteiger charge is -2.34. The molecule has 0 aromatic rings. The number of piperidine rings is 1. The van der Waals surface area contributed by atoms with Crippen LogP contribution in [0.5, 0.6) is 0 Å². The van der Waals surface area contributed by atoms with E-state index >= 15 is 0 Å². The van der Waals surface area contributed by atoms with Crippen molar-refractivity contribution in [2.75, 3.05) is 20.1 Å². The molecule has 1 unspecified atom stereocenters. The Hall–Kier alpha value is -1.63. The molecule has 3 N–H and O–H groups in total. The van der Waals surface area contributed by atoms with E-state index in [0.29, 0.717) is 18.9 Å². The largest absolute Gasteiger partial charge is 0.444 e. The molecular formula is C14H27N5O2. The maximum Gasteiger partial charge on any atom is 0.410 e. The summed E-state index contributed by atoms with van der Waals surface area (Å²) in [4.78, 5) is 18.1. The van der Waals surface area contributed by atoms with Gasteiger partial charge < -0.3 is 15.1 Å². The number of carbonyl (C=O) groups is 1. The molecule has 0 aliphatic carbocycles. The zero-order chi connectivity index (χ0) is 16.0.